The van der Waals surface area contributed by atoms with Crippen LogP contribution in [-0.4, -0.2) is 77.8 Å². The molecule has 0 bridgehead atoms. The molecule has 0 spiro atoms. The highest BCUT2D eigenvalue weighted by atomic mass is 35.5. The number of thioether (sulfide) groups is 1. The molecule has 2 aliphatic heterocycles. The summed E-state index contributed by atoms with van der Waals surface area (Å²) in [7, 11) is 0. The largest absolute Gasteiger partial charge is 0.478 e. The van der Waals surface area contributed by atoms with E-state index in [9.17, 15) is 24.3 Å². The normalized spacial score (nSPS) is 19.2. The van der Waals surface area contributed by atoms with E-state index >= 15 is 0 Å². The van der Waals surface area contributed by atoms with E-state index in [0.29, 0.717) is 17.8 Å². The zero-order valence-corrected chi connectivity index (χ0v) is 25.0. The minimum absolute atomic E-state index is 0.00440. The highest BCUT2D eigenvalue weighted by Gasteiger charge is 2.55. The minimum Gasteiger partial charge on any atom is -0.478 e. The van der Waals surface area contributed by atoms with Gasteiger partial charge < -0.3 is 36.8 Å². The number of aliphatic carboxylic acids is 2. The van der Waals surface area contributed by atoms with Crippen molar-refractivity contribution in [2.45, 2.75) is 44.3 Å². The second-order valence-electron chi connectivity index (χ2n) is 9.59. The number of nitrogens with zero attached hydrogens (tertiary/aromatic N) is 4. The lowest BCUT2D eigenvalue weighted by atomic mass is 10.0. The first-order valence-corrected chi connectivity index (χ1v) is 15.0. The molecular weight excluding hydrogens is 624 g/mol. The molecule has 18 heteroatoms. The van der Waals surface area contributed by atoms with E-state index in [1.807, 2.05) is 29.8 Å². The van der Waals surface area contributed by atoms with Crippen molar-refractivity contribution in [3.8, 4) is 0 Å². The van der Waals surface area contributed by atoms with Gasteiger partial charge in [-0.15, -0.1) is 11.8 Å². The number of aromatic nitrogens is 3. The number of carboxylic acids is 2. The molecule has 3 aromatic rings. The molecular formula is C25H26ClN8O7S2+. The number of carbonyl (C=O) groups is 4. The number of amides is 2. The number of hydrogen-bond donors (Lipinski definition) is 6. The number of pyridine rings is 1. The van der Waals surface area contributed by atoms with Crippen LogP contribution in [0.2, 0.25) is 4.34 Å². The van der Waals surface area contributed by atoms with Crippen LogP contribution in [0.25, 0.3) is 11.0 Å². The number of hydrogen-bond acceptors (Lipinski definition) is 11. The average Bonchev–Trinajstić information content (AvgIpc) is 3.47. The SMILES string of the molecule is CCc1c(N)[nH]c2ccc[n+](CC3=C(C(=O)O)N4C(=O)C(NC(=O)/C(=N\O[C@@H](C)C(=O)O)c5nc(N)sc5Cl)C4SC3)c12. The standard InChI is InChI=1S/C25H25ClN8O7S2/c1-3-11-17-12(29-19(11)27)5-4-6-33(17)7-10-8-42-22-15(21(36)34(22)16(10)24(39)40)30-20(35)14(32-41-9(2)23(37)38)13-18(26)43-25(28)31-13/h4-6,9,15,22H,3,7-8H2,1-2H3,(H7,27,28,29,30,31,35,37,38,39,40)/p+1/b32-14-/t9-,15?,22?/m0/s1. The van der Waals surface area contributed by atoms with Gasteiger partial charge in [0.1, 0.15) is 38.5 Å². The number of β-lactam (4-membered cyclic amide) rings is 1. The fourth-order valence-corrected chi connectivity index (χ4v) is 7.14. The van der Waals surface area contributed by atoms with Gasteiger partial charge in [-0.25, -0.2) is 14.6 Å². The Hall–Kier alpha value is -4.35. The first kappa shape index (κ1) is 30.1. The number of carboxylic acid groups (broad SMARTS) is 2. The molecule has 0 aliphatic carbocycles. The van der Waals surface area contributed by atoms with Crippen molar-refractivity contribution in [3.05, 3.63) is 45.2 Å². The smallest absolute Gasteiger partial charge is 0.352 e. The molecule has 1 fully saturated rings. The zero-order valence-electron chi connectivity index (χ0n) is 22.7. The van der Waals surface area contributed by atoms with Crippen LogP contribution in [-0.2, 0) is 37.0 Å². The predicted molar refractivity (Wildman–Crippen MR) is 158 cm³/mol. The van der Waals surface area contributed by atoms with Gasteiger partial charge in [-0.2, -0.15) is 4.57 Å². The van der Waals surface area contributed by atoms with Crippen molar-refractivity contribution in [1.82, 2.24) is 20.2 Å². The maximum atomic E-state index is 13.3. The molecule has 226 valence electrons. The molecule has 5 rings (SSSR count). The average molecular weight is 650 g/mol. The number of anilines is 2. The van der Waals surface area contributed by atoms with Crippen molar-refractivity contribution < 1.29 is 38.8 Å². The molecule has 2 unspecified atom stereocenters. The summed E-state index contributed by atoms with van der Waals surface area (Å²) in [6.45, 7) is 3.37. The number of H-pyrrole nitrogens is 1. The number of halogens is 1. The van der Waals surface area contributed by atoms with Crippen molar-refractivity contribution in [2.75, 3.05) is 17.2 Å². The van der Waals surface area contributed by atoms with Gasteiger partial charge in [0.25, 0.3) is 11.8 Å². The van der Waals surface area contributed by atoms with Gasteiger partial charge in [0.05, 0.1) is 5.56 Å². The Morgan fingerprint density at radius 3 is 2.74 bits per heavy atom. The second-order valence-corrected chi connectivity index (χ2v) is 12.3. The lowest BCUT2D eigenvalue weighted by Crippen LogP contribution is -2.71. The van der Waals surface area contributed by atoms with Crippen molar-refractivity contribution in [1.29, 1.82) is 0 Å². The van der Waals surface area contributed by atoms with E-state index < -0.39 is 47.0 Å². The van der Waals surface area contributed by atoms with Gasteiger partial charge in [-0.1, -0.05) is 35.0 Å². The second kappa shape index (κ2) is 11.7. The number of aromatic amines is 1. The van der Waals surface area contributed by atoms with Crippen LogP contribution in [0, 0.1) is 0 Å². The van der Waals surface area contributed by atoms with Crippen LogP contribution in [0.1, 0.15) is 25.1 Å². The third kappa shape index (κ3) is 5.46. The molecule has 43 heavy (non-hydrogen) atoms. The van der Waals surface area contributed by atoms with Gasteiger partial charge in [0.2, 0.25) is 11.6 Å². The lowest BCUT2D eigenvalue weighted by Gasteiger charge is -2.49. The number of fused-ring (bicyclic) bond motifs is 2. The summed E-state index contributed by atoms with van der Waals surface area (Å²) in [4.78, 5) is 63.4. The maximum Gasteiger partial charge on any atom is 0.352 e. The molecule has 15 nitrogen and oxygen atoms in total. The number of nitrogens with one attached hydrogen (secondary N) is 2. The quantitative estimate of drug-likeness (QED) is 0.0782. The number of nitrogen functional groups attached to an aromatic ring is 2. The molecule has 1 saturated heterocycles. The summed E-state index contributed by atoms with van der Waals surface area (Å²) in [6, 6.07) is 2.58. The molecule has 0 saturated carbocycles. The Labute approximate surface area is 256 Å². The topological polar surface area (TPSA) is 230 Å². The van der Waals surface area contributed by atoms with E-state index in [-0.39, 0.29) is 33.2 Å². The van der Waals surface area contributed by atoms with E-state index in [2.05, 4.69) is 20.4 Å². The number of aryl methyl sites for hydroxylation is 1. The summed E-state index contributed by atoms with van der Waals surface area (Å²) < 4.78 is 1.89. The van der Waals surface area contributed by atoms with Gasteiger partial charge >= 0.3 is 11.9 Å². The summed E-state index contributed by atoms with van der Waals surface area (Å²) in [5.41, 5.74) is 14.1. The van der Waals surface area contributed by atoms with Crippen LogP contribution in [0.3, 0.4) is 0 Å². The molecule has 0 radical (unpaired) electrons. The third-order valence-corrected chi connectivity index (χ3v) is 9.32. The van der Waals surface area contributed by atoms with E-state index in [1.54, 1.807) is 0 Å². The number of thiazole rings is 1. The fraction of sp³-hybridized carbons (Fsp3) is 0.320. The summed E-state index contributed by atoms with van der Waals surface area (Å²) in [5, 5.41) is 24.7. The Morgan fingerprint density at radius 1 is 1.37 bits per heavy atom. The van der Waals surface area contributed by atoms with Crippen LogP contribution in [0.15, 0.2) is 34.8 Å². The third-order valence-electron chi connectivity index (χ3n) is 6.89. The van der Waals surface area contributed by atoms with Crippen LogP contribution in [0.5, 0.6) is 0 Å². The predicted octanol–water partition coefficient (Wildman–Crippen LogP) is 0.925. The Morgan fingerprint density at radius 2 is 2.12 bits per heavy atom. The van der Waals surface area contributed by atoms with E-state index in [0.717, 1.165) is 32.8 Å². The molecule has 0 aromatic carbocycles. The summed E-state index contributed by atoms with van der Waals surface area (Å²) in [6.07, 6.45) is 1.07. The molecule has 2 aliphatic rings. The Bertz CT molecular complexity index is 1740. The van der Waals surface area contributed by atoms with Gasteiger partial charge in [-0.05, 0) is 19.4 Å². The molecule has 8 N–H and O–H groups in total. The summed E-state index contributed by atoms with van der Waals surface area (Å²) in [5.74, 6) is -3.39. The van der Waals surface area contributed by atoms with E-state index in [4.69, 9.17) is 33.0 Å². The minimum atomic E-state index is -1.41. The molecule has 3 atom stereocenters. The molecule has 3 aromatic heterocycles. The first-order valence-electron chi connectivity index (χ1n) is 12.8. The number of rotatable bonds is 10. The highest BCUT2D eigenvalue weighted by Crippen LogP contribution is 2.40. The maximum absolute atomic E-state index is 13.3. The number of oxime groups is 1. The Balaban J connectivity index is 1.41. The highest BCUT2D eigenvalue weighted by molar-refractivity contribution is 8.00. The van der Waals surface area contributed by atoms with Crippen LogP contribution < -0.4 is 21.4 Å². The zero-order chi connectivity index (χ0) is 31.2. The molecule has 5 heterocycles. The van der Waals surface area contributed by atoms with Crippen LogP contribution >= 0.6 is 34.7 Å². The number of nitrogens with two attached hydrogens (primary N) is 2. The van der Waals surface area contributed by atoms with Crippen molar-refractivity contribution >= 4 is 86.1 Å². The Kier molecular flexibility index (Phi) is 8.22. The van der Waals surface area contributed by atoms with Gasteiger partial charge in [-0.3, -0.25) is 14.5 Å². The monoisotopic (exact) mass is 649 g/mol. The van der Waals surface area contributed by atoms with Gasteiger partial charge in [0.15, 0.2) is 23.6 Å². The van der Waals surface area contributed by atoms with Gasteiger partial charge in [0, 0.05) is 17.4 Å². The van der Waals surface area contributed by atoms with Crippen molar-refractivity contribution in [3.63, 3.8) is 0 Å². The lowest BCUT2D eigenvalue weighted by molar-refractivity contribution is -0.663. The number of carbonyl (C=O) groups excluding carboxylic acids is 2. The summed E-state index contributed by atoms with van der Waals surface area (Å²) >= 11 is 8.31. The van der Waals surface area contributed by atoms with Crippen LogP contribution in [0.4, 0.5) is 10.9 Å². The van der Waals surface area contributed by atoms with Crippen molar-refractivity contribution in [2.24, 2.45) is 5.16 Å². The van der Waals surface area contributed by atoms with E-state index in [1.165, 1.54) is 18.7 Å². The fourth-order valence-electron chi connectivity index (χ4n) is 4.88. The first-order chi connectivity index (χ1) is 20.4. The molecule has 2 amide bonds.